The highest BCUT2D eigenvalue weighted by Crippen LogP contribution is 2.18. The second kappa shape index (κ2) is 2.88. The monoisotopic (exact) mass is 164 g/mol. The fourth-order valence-electron chi connectivity index (χ4n) is 0.967. The summed E-state index contributed by atoms with van der Waals surface area (Å²) in [7, 11) is 0. The van der Waals surface area contributed by atoms with Gasteiger partial charge in [-0.05, 0) is 6.08 Å². The van der Waals surface area contributed by atoms with Crippen molar-refractivity contribution in [2.75, 3.05) is 11.4 Å². The van der Waals surface area contributed by atoms with Crippen LogP contribution in [0.1, 0.15) is 0 Å². The van der Waals surface area contributed by atoms with E-state index in [9.17, 15) is 0 Å². The first-order valence-electron chi connectivity index (χ1n) is 3.46. The average Bonchev–Trinajstić information content (AvgIpc) is 2.58. The van der Waals surface area contributed by atoms with Crippen LogP contribution in [0.5, 0.6) is 0 Å². The molecule has 2 nitrogen and oxygen atoms in total. The van der Waals surface area contributed by atoms with Gasteiger partial charge in [-0.3, -0.25) is 0 Å². The van der Waals surface area contributed by atoms with Gasteiger partial charge in [0.1, 0.15) is 0 Å². The van der Waals surface area contributed by atoms with E-state index in [0.717, 1.165) is 11.7 Å². The highest BCUT2D eigenvalue weighted by atomic mass is 32.1. The Kier molecular flexibility index (Phi) is 1.73. The molecule has 1 aromatic rings. The zero-order valence-corrected chi connectivity index (χ0v) is 6.79. The predicted molar refractivity (Wildman–Crippen MR) is 47.7 cm³/mol. The lowest BCUT2D eigenvalue weighted by Crippen LogP contribution is -2.16. The fraction of sp³-hybridized carbons (Fsp3) is 0.125. The first kappa shape index (κ1) is 6.61. The van der Waals surface area contributed by atoms with Gasteiger partial charge in [0.15, 0.2) is 5.13 Å². The standard InChI is InChI=1S/C8H8N2S/c1-2-5-10(6-3-1)8-9-4-7-11-8/h1-5,7H,6H2. The lowest BCUT2D eigenvalue weighted by molar-refractivity contribution is 1.06. The van der Waals surface area contributed by atoms with Crippen LogP contribution < -0.4 is 4.90 Å². The molecule has 1 aliphatic rings. The molecule has 2 heterocycles. The van der Waals surface area contributed by atoms with Crippen molar-refractivity contribution < 1.29 is 0 Å². The first-order valence-corrected chi connectivity index (χ1v) is 4.34. The van der Waals surface area contributed by atoms with Crippen LogP contribution >= 0.6 is 11.3 Å². The van der Waals surface area contributed by atoms with Crippen molar-refractivity contribution in [2.45, 2.75) is 0 Å². The lowest BCUT2D eigenvalue weighted by Gasteiger charge is -2.16. The van der Waals surface area contributed by atoms with Crippen LogP contribution in [-0.4, -0.2) is 11.5 Å². The van der Waals surface area contributed by atoms with E-state index >= 15 is 0 Å². The zero-order chi connectivity index (χ0) is 7.52. The molecule has 0 saturated heterocycles. The van der Waals surface area contributed by atoms with Gasteiger partial charge in [-0.1, -0.05) is 12.2 Å². The molecule has 0 bridgehead atoms. The van der Waals surface area contributed by atoms with Crippen molar-refractivity contribution in [1.29, 1.82) is 0 Å². The normalized spacial score (nSPS) is 15.8. The van der Waals surface area contributed by atoms with Crippen molar-refractivity contribution in [3.63, 3.8) is 0 Å². The maximum atomic E-state index is 4.20. The van der Waals surface area contributed by atoms with Gasteiger partial charge in [-0.25, -0.2) is 4.98 Å². The van der Waals surface area contributed by atoms with E-state index < -0.39 is 0 Å². The Bertz CT molecular complexity index is 274. The molecule has 1 aromatic heterocycles. The van der Waals surface area contributed by atoms with Crippen molar-refractivity contribution >= 4 is 16.5 Å². The summed E-state index contributed by atoms with van der Waals surface area (Å²) >= 11 is 1.66. The molecule has 0 fully saturated rings. The summed E-state index contributed by atoms with van der Waals surface area (Å²) < 4.78 is 0. The molecule has 0 unspecified atom stereocenters. The van der Waals surface area contributed by atoms with E-state index in [1.807, 2.05) is 29.9 Å². The molecule has 3 heteroatoms. The van der Waals surface area contributed by atoms with Gasteiger partial charge >= 0.3 is 0 Å². The van der Waals surface area contributed by atoms with E-state index in [0.29, 0.717) is 0 Å². The third-order valence-corrected chi connectivity index (χ3v) is 2.29. The van der Waals surface area contributed by atoms with E-state index in [-0.39, 0.29) is 0 Å². The summed E-state index contributed by atoms with van der Waals surface area (Å²) in [6, 6.07) is 0. The Morgan fingerprint density at radius 3 is 3.09 bits per heavy atom. The van der Waals surface area contributed by atoms with Crippen molar-refractivity contribution in [2.24, 2.45) is 0 Å². The maximum absolute atomic E-state index is 4.20. The number of hydrogen-bond acceptors (Lipinski definition) is 3. The molecule has 0 radical (unpaired) electrons. The third kappa shape index (κ3) is 1.33. The molecule has 1 aliphatic heterocycles. The number of anilines is 1. The van der Waals surface area contributed by atoms with Crippen LogP contribution in [0.3, 0.4) is 0 Å². The molecule has 2 rings (SSSR count). The summed E-state index contributed by atoms with van der Waals surface area (Å²) in [5.74, 6) is 0. The van der Waals surface area contributed by atoms with Crippen LogP contribution in [0.15, 0.2) is 36.0 Å². The van der Waals surface area contributed by atoms with Gasteiger partial charge in [-0.15, -0.1) is 11.3 Å². The summed E-state index contributed by atoms with van der Waals surface area (Å²) in [5.41, 5.74) is 0. The van der Waals surface area contributed by atoms with Gasteiger partial charge in [0.25, 0.3) is 0 Å². The van der Waals surface area contributed by atoms with E-state index in [2.05, 4.69) is 16.0 Å². The SMILES string of the molecule is C1=CCN(c2nccs2)C=C1. The highest BCUT2D eigenvalue weighted by Gasteiger charge is 2.03. The van der Waals surface area contributed by atoms with Crippen LogP contribution in [-0.2, 0) is 0 Å². The predicted octanol–water partition coefficient (Wildman–Crippen LogP) is 2.03. The smallest absolute Gasteiger partial charge is 0.189 e. The first-order chi connectivity index (χ1) is 5.47. The second-order valence-electron chi connectivity index (χ2n) is 2.24. The van der Waals surface area contributed by atoms with E-state index in [1.54, 1.807) is 11.3 Å². The van der Waals surface area contributed by atoms with Crippen LogP contribution in [0.2, 0.25) is 0 Å². The summed E-state index contributed by atoms with van der Waals surface area (Å²) in [5, 5.41) is 3.05. The maximum Gasteiger partial charge on any atom is 0.189 e. The third-order valence-electron chi connectivity index (χ3n) is 1.48. The van der Waals surface area contributed by atoms with Gasteiger partial charge in [-0.2, -0.15) is 0 Å². The van der Waals surface area contributed by atoms with Crippen LogP contribution in [0.25, 0.3) is 0 Å². The molecule has 0 saturated carbocycles. The molecule has 0 spiro atoms. The highest BCUT2D eigenvalue weighted by molar-refractivity contribution is 7.13. The van der Waals surface area contributed by atoms with Gasteiger partial charge in [0.2, 0.25) is 0 Å². The Balaban J connectivity index is 2.19. The molecular formula is C8H8N2S. The minimum absolute atomic E-state index is 0.935. The van der Waals surface area contributed by atoms with E-state index in [1.165, 1.54) is 0 Å². The number of nitrogens with zero attached hydrogens (tertiary/aromatic N) is 2. The molecule has 0 amide bonds. The Morgan fingerprint density at radius 2 is 2.45 bits per heavy atom. The van der Waals surface area contributed by atoms with Crippen molar-refractivity contribution in [3.05, 3.63) is 36.0 Å². The van der Waals surface area contributed by atoms with Crippen molar-refractivity contribution in [3.8, 4) is 0 Å². The number of allylic oxidation sites excluding steroid dienone is 2. The Labute approximate surface area is 69.5 Å². The molecule has 0 aromatic carbocycles. The summed E-state index contributed by atoms with van der Waals surface area (Å²) in [6.07, 6.45) is 10.0. The fourth-order valence-corrected chi connectivity index (χ4v) is 1.60. The van der Waals surface area contributed by atoms with Crippen molar-refractivity contribution in [1.82, 2.24) is 4.98 Å². The second-order valence-corrected chi connectivity index (χ2v) is 3.11. The lowest BCUT2D eigenvalue weighted by atomic mass is 10.4. The Morgan fingerprint density at radius 1 is 1.45 bits per heavy atom. The largest absolute Gasteiger partial charge is 0.321 e. The average molecular weight is 164 g/mol. The number of aromatic nitrogens is 1. The van der Waals surface area contributed by atoms with Gasteiger partial charge < -0.3 is 4.90 Å². The van der Waals surface area contributed by atoms with Crippen LogP contribution in [0, 0.1) is 0 Å². The molecule has 11 heavy (non-hydrogen) atoms. The summed E-state index contributed by atoms with van der Waals surface area (Å²) in [6.45, 7) is 0.935. The molecule has 0 N–H and O–H groups in total. The number of thiazole rings is 1. The topological polar surface area (TPSA) is 16.1 Å². The van der Waals surface area contributed by atoms with Crippen LogP contribution in [0.4, 0.5) is 5.13 Å². The minimum atomic E-state index is 0.935. The zero-order valence-electron chi connectivity index (χ0n) is 5.97. The number of hydrogen-bond donors (Lipinski definition) is 0. The molecule has 56 valence electrons. The van der Waals surface area contributed by atoms with Gasteiger partial charge in [0, 0.05) is 24.3 Å². The number of rotatable bonds is 1. The Hall–Kier alpha value is -1.09. The van der Waals surface area contributed by atoms with E-state index in [4.69, 9.17) is 0 Å². The summed E-state index contributed by atoms with van der Waals surface area (Å²) in [4.78, 5) is 6.31. The minimum Gasteiger partial charge on any atom is -0.321 e. The molecular weight excluding hydrogens is 156 g/mol. The molecule has 0 atom stereocenters. The quantitative estimate of drug-likeness (QED) is 0.631. The molecule has 0 aliphatic carbocycles. The van der Waals surface area contributed by atoms with Gasteiger partial charge in [0.05, 0.1) is 0 Å².